The number of piperidine rings is 1. The van der Waals surface area contributed by atoms with Crippen LogP contribution >= 0.6 is 0 Å². The van der Waals surface area contributed by atoms with Gasteiger partial charge in [0.25, 0.3) is 0 Å². The number of hydrogen-bond acceptors (Lipinski definition) is 1. The van der Waals surface area contributed by atoms with E-state index in [-0.39, 0.29) is 0 Å². The van der Waals surface area contributed by atoms with Crippen molar-refractivity contribution >= 4 is 0 Å². The summed E-state index contributed by atoms with van der Waals surface area (Å²) in [7, 11) is 0. The first-order valence-corrected chi connectivity index (χ1v) is 5.92. The van der Waals surface area contributed by atoms with Crippen molar-refractivity contribution in [2.45, 2.75) is 53.9 Å². The highest BCUT2D eigenvalue weighted by Gasteiger charge is 2.32. The fourth-order valence-electron chi connectivity index (χ4n) is 2.26. The molecule has 1 nitrogen and oxygen atoms in total. The lowest BCUT2D eigenvalue weighted by molar-refractivity contribution is 0.122. The SMILES string of the molecule is CC.CCC1(C(C)C)CCNCC1. The number of rotatable bonds is 2. The highest BCUT2D eigenvalue weighted by atomic mass is 14.9. The van der Waals surface area contributed by atoms with Crippen molar-refractivity contribution in [1.29, 1.82) is 0 Å². The van der Waals surface area contributed by atoms with Gasteiger partial charge in [0.2, 0.25) is 0 Å². The van der Waals surface area contributed by atoms with Crippen molar-refractivity contribution in [2.75, 3.05) is 13.1 Å². The van der Waals surface area contributed by atoms with Crippen LogP contribution < -0.4 is 5.32 Å². The molecule has 1 heteroatoms. The molecule has 1 fully saturated rings. The summed E-state index contributed by atoms with van der Waals surface area (Å²) in [5, 5.41) is 3.43. The van der Waals surface area contributed by atoms with E-state index in [4.69, 9.17) is 0 Å². The smallest absolute Gasteiger partial charge is 0.00435 e. The third-order valence-electron chi connectivity index (χ3n) is 3.53. The van der Waals surface area contributed by atoms with Crippen molar-refractivity contribution in [2.24, 2.45) is 11.3 Å². The normalized spacial score (nSPS) is 20.8. The first-order valence-electron chi connectivity index (χ1n) is 5.92. The molecule has 1 heterocycles. The maximum Gasteiger partial charge on any atom is -0.00435 e. The Morgan fingerprint density at radius 3 is 1.85 bits per heavy atom. The van der Waals surface area contributed by atoms with Gasteiger partial charge >= 0.3 is 0 Å². The van der Waals surface area contributed by atoms with Gasteiger partial charge in [0.05, 0.1) is 0 Å². The number of nitrogens with one attached hydrogen (secondary N) is 1. The van der Waals surface area contributed by atoms with Gasteiger partial charge in [0.1, 0.15) is 0 Å². The lowest BCUT2D eigenvalue weighted by Crippen LogP contribution is -2.39. The molecular formula is C12H27N. The highest BCUT2D eigenvalue weighted by molar-refractivity contribution is 4.85. The molecule has 0 bridgehead atoms. The van der Waals surface area contributed by atoms with Crippen LogP contribution in [0.25, 0.3) is 0 Å². The van der Waals surface area contributed by atoms with Gasteiger partial charge in [-0.3, -0.25) is 0 Å². The van der Waals surface area contributed by atoms with Gasteiger partial charge in [-0.15, -0.1) is 0 Å². The van der Waals surface area contributed by atoms with Crippen molar-refractivity contribution in [1.82, 2.24) is 5.32 Å². The van der Waals surface area contributed by atoms with Crippen LogP contribution in [0.1, 0.15) is 53.9 Å². The standard InChI is InChI=1S/C10H21N.C2H6/c1-4-10(9(2)3)5-7-11-8-6-10;1-2/h9,11H,4-8H2,1-3H3;1-2H3. The van der Waals surface area contributed by atoms with E-state index in [1.165, 1.54) is 32.4 Å². The Labute approximate surface area is 84.3 Å². The molecule has 1 rings (SSSR count). The Morgan fingerprint density at radius 1 is 1.15 bits per heavy atom. The Bertz CT molecular complexity index is 112. The second-order valence-corrected chi connectivity index (χ2v) is 4.12. The lowest BCUT2D eigenvalue weighted by Gasteiger charge is -2.40. The molecule has 1 saturated heterocycles. The van der Waals surface area contributed by atoms with E-state index >= 15 is 0 Å². The summed E-state index contributed by atoms with van der Waals surface area (Å²) in [4.78, 5) is 0. The molecule has 1 N–H and O–H groups in total. The van der Waals surface area contributed by atoms with E-state index in [0.29, 0.717) is 5.41 Å². The molecule has 0 radical (unpaired) electrons. The van der Waals surface area contributed by atoms with E-state index in [2.05, 4.69) is 26.1 Å². The summed E-state index contributed by atoms with van der Waals surface area (Å²) in [6.45, 7) is 13.5. The first-order chi connectivity index (χ1) is 6.21. The zero-order valence-electron chi connectivity index (χ0n) is 10.1. The maximum absolute atomic E-state index is 3.43. The average Bonchev–Trinajstić information content (AvgIpc) is 2.21. The van der Waals surface area contributed by atoms with Crippen molar-refractivity contribution in [3.05, 3.63) is 0 Å². The molecule has 0 saturated carbocycles. The second kappa shape index (κ2) is 6.42. The molecular weight excluding hydrogens is 158 g/mol. The number of hydrogen-bond donors (Lipinski definition) is 1. The van der Waals surface area contributed by atoms with Crippen molar-refractivity contribution < 1.29 is 0 Å². The fraction of sp³-hybridized carbons (Fsp3) is 1.00. The minimum absolute atomic E-state index is 0.658. The Morgan fingerprint density at radius 2 is 1.62 bits per heavy atom. The summed E-state index contributed by atoms with van der Waals surface area (Å²) in [5.74, 6) is 0.856. The molecule has 0 aromatic carbocycles. The quantitative estimate of drug-likeness (QED) is 0.695. The third-order valence-corrected chi connectivity index (χ3v) is 3.53. The zero-order valence-corrected chi connectivity index (χ0v) is 10.1. The summed E-state index contributed by atoms with van der Waals surface area (Å²) < 4.78 is 0. The average molecular weight is 185 g/mol. The van der Waals surface area contributed by atoms with Gasteiger partial charge in [-0.05, 0) is 37.3 Å². The van der Waals surface area contributed by atoms with Gasteiger partial charge in [0.15, 0.2) is 0 Å². The van der Waals surface area contributed by atoms with Crippen LogP contribution in [0.4, 0.5) is 0 Å². The summed E-state index contributed by atoms with van der Waals surface area (Å²) in [6, 6.07) is 0. The van der Waals surface area contributed by atoms with Crippen LogP contribution in [-0.4, -0.2) is 13.1 Å². The Kier molecular flexibility index (Phi) is 6.40. The second-order valence-electron chi connectivity index (χ2n) is 4.12. The molecule has 0 aliphatic carbocycles. The predicted octanol–water partition coefficient (Wildman–Crippen LogP) is 3.45. The highest BCUT2D eigenvalue weighted by Crippen LogP contribution is 2.39. The van der Waals surface area contributed by atoms with Gasteiger partial charge in [-0.2, -0.15) is 0 Å². The van der Waals surface area contributed by atoms with Crippen LogP contribution in [0, 0.1) is 11.3 Å². The third kappa shape index (κ3) is 3.30. The summed E-state index contributed by atoms with van der Waals surface area (Å²) >= 11 is 0. The molecule has 13 heavy (non-hydrogen) atoms. The zero-order chi connectivity index (χ0) is 10.3. The van der Waals surface area contributed by atoms with E-state index < -0.39 is 0 Å². The molecule has 80 valence electrons. The van der Waals surface area contributed by atoms with E-state index in [0.717, 1.165) is 5.92 Å². The van der Waals surface area contributed by atoms with Gasteiger partial charge in [-0.25, -0.2) is 0 Å². The molecule has 0 amide bonds. The fourth-order valence-corrected chi connectivity index (χ4v) is 2.26. The molecule has 1 aliphatic rings. The van der Waals surface area contributed by atoms with Crippen LogP contribution in [0.5, 0.6) is 0 Å². The van der Waals surface area contributed by atoms with E-state index in [1.54, 1.807) is 0 Å². The minimum Gasteiger partial charge on any atom is -0.317 e. The van der Waals surface area contributed by atoms with E-state index in [1.807, 2.05) is 13.8 Å². The van der Waals surface area contributed by atoms with Crippen LogP contribution in [-0.2, 0) is 0 Å². The summed E-state index contributed by atoms with van der Waals surface area (Å²) in [6.07, 6.45) is 4.11. The minimum atomic E-state index is 0.658. The van der Waals surface area contributed by atoms with E-state index in [9.17, 15) is 0 Å². The van der Waals surface area contributed by atoms with Crippen molar-refractivity contribution in [3.63, 3.8) is 0 Å². The van der Waals surface area contributed by atoms with Gasteiger partial charge in [0, 0.05) is 0 Å². The Hall–Kier alpha value is -0.0400. The van der Waals surface area contributed by atoms with Gasteiger partial charge < -0.3 is 5.32 Å². The molecule has 1 aliphatic heterocycles. The molecule has 0 spiro atoms. The largest absolute Gasteiger partial charge is 0.317 e. The lowest BCUT2D eigenvalue weighted by atomic mass is 9.69. The molecule has 0 atom stereocenters. The van der Waals surface area contributed by atoms with Gasteiger partial charge in [-0.1, -0.05) is 41.0 Å². The molecule has 0 aromatic heterocycles. The topological polar surface area (TPSA) is 12.0 Å². The van der Waals surface area contributed by atoms with Crippen LogP contribution in [0.2, 0.25) is 0 Å². The maximum atomic E-state index is 3.43. The van der Waals surface area contributed by atoms with Crippen LogP contribution in [0.3, 0.4) is 0 Å². The first kappa shape index (κ1) is 13.0. The van der Waals surface area contributed by atoms with Crippen molar-refractivity contribution in [3.8, 4) is 0 Å². The van der Waals surface area contributed by atoms with Crippen LogP contribution in [0.15, 0.2) is 0 Å². The molecule has 0 unspecified atom stereocenters. The molecule has 0 aromatic rings. The Balaban J connectivity index is 0.000000671. The predicted molar refractivity (Wildman–Crippen MR) is 61.0 cm³/mol. The monoisotopic (exact) mass is 185 g/mol. The summed E-state index contributed by atoms with van der Waals surface area (Å²) in [5.41, 5.74) is 0.658.